The van der Waals surface area contributed by atoms with Crippen LogP contribution >= 0.6 is 35.1 Å². The molecule has 2 aromatic heterocycles. The van der Waals surface area contributed by atoms with Gasteiger partial charge in [-0.25, -0.2) is 15.0 Å². The van der Waals surface area contributed by atoms with Crippen molar-refractivity contribution in [1.29, 1.82) is 0 Å². The quantitative estimate of drug-likeness (QED) is 0.333. The van der Waals surface area contributed by atoms with Crippen LogP contribution in [-0.4, -0.2) is 30.3 Å². The number of H-pyrrole nitrogens is 1. The Morgan fingerprint density at radius 2 is 1.79 bits per heavy atom. The average Bonchev–Trinajstić information content (AvgIpc) is 3.10. The van der Waals surface area contributed by atoms with Crippen LogP contribution in [0.1, 0.15) is 5.56 Å². The van der Waals surface area contributed by atoms with Gasteiger partial charge in [0, 0.05) is 16.5 Å². The van der Waals surface area contributed by atoms with E-state index in [0.29, 0.717) is 26.3 Å². The Bertz CT molecular complexity index is 1100. The number of aromatic hydroxyl groups is 1. The Balaban J connectivity index is 1.55. The average molecular weight is 428 g/mol. The zero-order chi connectivity index (χ0) is 19.5. The van der Waals surface area contributed by atoms with Gasteiger partial charge >= 0.3 is 0 Å². The van der Waals surface area contributed by atoms with Gasteiger partial charge in [-0.15, -0.1) is 0 Å². The molecule has 28 heavy (non-hydrogen) atoms. The van der Waals surface area contributed by atoms with E-state index in [0.717, 1.165) is 16.0 Å². The number of nitrogens with zero attached hydrogens (tertiary/aromatic N) is 4. The van der Waals surface area contributed by atoms with Gasteiger partial charge in [-0.1, -0.05) is 29.8 Å². The predicted molar refractivity (Wildman–Crippen MR) is 110 cm³/mol. The van der Waals surface area contributed by atoms with Gasteiger partial charge in [0.25, 0.3) is 0 Å². The van der Waals surface area contributed by atoms with Gasteiger partial charge in [-0.05, 0) is 66.3 Å². The third kappa shape index (κ3) is 4.64. The maximum atomic E-state index is 9.77. The lowest BCUT2D eigenvalue weighted by molar-refractivity contribution is 0.475. The standard InChI is InChI=1S/C19H14ClN5OS2/c1-11-7-12(9-13(26)8-11)17-23-19(25-24-17)28-16-10-15(20)21-18(22-16)27-14-5-3-2-4-6-14/h2-10,26H,1H3,(H,23,24,25). The fourth-order valence-electron chi connectivity index (χ4n) is 2.48. The van der Waals surface area contributed by atoms with E-state index >= 15 is 0 Å². The minimum Gasteiger partial charge on any atom is -0.508 e. The molecule has 4 rings (SSSR count). The topological polar surface area (TPSA) is 87.6 Å². The number of aryl methyl sites for hydroxylation is 1. The highest BCUT2D eigenvalue weighted by Gasteiger charge is 2.12. The molecule has 0 radical (unpaired) electrons. The van der Waals surface area contributed by atoms with Gasteiger partial charge in [0.1, 0.15) is 15.9 Å². The predicted octanol–water partition coefficient (Wildman–Crippen LogP) is 5.23. The molecule has 0 aliphatic heterocycles. The summed E-state index contributed by atoms with van der Waals surface area (Å²) in [5, 5.41) is 19.0. The number of halogens is 1. The van der Waals surface area contributed by atoms with Gasteiger partial charge in [0.05, 0.1) is 0 Å². The van der Waals surface area contributed by atoms with Gasteiger partial charge in [0.2, 0.25) is 0 Å². The minimum absolute atomic E-state index is 0.180. The molecule has 6 nitrogen and oxygen atoms in total. The molecule has 0 atom stereocenters. The number of aromatic nitrogens is 5. The number of rotatable bonds is 5. The highest BCUT2D eigenvalue weighted by atomic mass is 35.5. The van der Waals surface area contributed by atoms with Gasteiger partial charge in [0.15, 0.2) is 16.1 Å². The van der Waals surface area contributed by atoms with Crippen molar-refractivity contribution in [1.82, 2.24) is 25.1 Å². The summed E-state index contributed by atoms with van der Waals surface area (Å²) in [6, 6.07) is 16.8. The van der Waals surface area contributed by atoms with Crippen LogP contribution in [0.4, 0.5) is 0 Å². The van der Waals surface area contributed by atoms with Gasteiger partial charge in [-0.2, -0.15) is 5.10 Å². The highest BCUT2D eigenvalue weighted by Crippen LogP contribution is 2.31. The Labute approximate surface area is 174 Å². The number of aromatic amines is 1. The Morgan fingerprint density at radius 1 is 0.964 bits per heavy atom. The summed E-state index contributed by atoms with van der Waals surface area (Å²) in [5.74, 6) is 0.680. The fraction of sp³-hybridized carbons (Fsp3) is 0.0526. The van der Waals surface area contributed by atoms with E-state index in [9.17, 15) is 5.11 Å². The second kappa shape index (κ2) is 8.22. The molecular weight excluding hydrogens is 414 g/mol. The molecule has 9 heteroatoms. The Kier molecular flexibility index (Phi) is 5.52. The molecule has 0 amide bonds. The molecule has 140 valence electrons. The molecular formula is C19H14ClN5OS2. The molecule has 0 saturated carbocycles. The zero-order valence-corrected chi connectivity index (χ0v) is 17.0. The first-order valence-corrected chi connectivity index (χ1v) is 10.2. The molecule has 0 spiro atoms. The second-order valence-corrected chi connectivity index (χ2v) is 8.29. The van der Waals surface area contributed by atoms with E-state index in [4.69, 9.17) is 11.6 Å². The SMILES string of the molecule is Cc1cc(O)cc(-c2n[nH]c(Sc3cc(Cl)nc(Sc4ccccc4)n3)n2)c1. The van der Waals surface area contributed by atoms with Crippen LogP contribution in [0.2, 0.25) is 5.15 Å². The van der Waals surface area contributed by atoms with E-state index in [1.807, 2.05) is 43.3 Å². The summed E-state index contributed by atoms with van der Waals surface area (Å²) >= 11 is 8.91. The molecule has 0 saturated heterocycles. The van der Waals surface area contributed by atoms with Crippen LogP contribution in [0.25, 0.3) is 11.4 Å². The molecule has 2 N–H and O–H groups in total. The van der Waals surface area contributed by atoms with Crippen LogP contribution in [0.5, 0.6) is 5.75 Å². The summed E-state index contributed by atoms with van der Waals surface area (Å²) in [6.07, 6.45) is 0. The van der Waals surface area contributed by atoms with Crippen molar-refractivity contribution in [2.45, 2.75) is 27.2 Å². The van der Waals surface area contributed by atoms with E-state index in [2.05, 4.69) is 25.1 Å². The van der Waals surface area contributed by atoms with E-state index in [1.165, 1.54) is 23.5 Å². The van der Waals surface area contributed by atoms with Crippen molar-refractivity contribution in [2.75, 3.05) is 0 Å². The lowest BCUT2D eigenvalue weighted by atomic mass is 10.1. The fourth-order valence-corrected chi connectivity index (χ4v) is 4.35. The molecule has 0 fully saturated rings. The lowest BCUT2D eigenvalue weighted by Gasteiger charge is -2.03. The summed E-state index contributed by atoms with van der Waals surface area (Å²) in [4.78, 5) is 14.3. The molecule has 4 aromatic rings. The highest BCUT2D eigenvalue weighted by molar-refractivity contribution is 7.99. The Hall–Kier alpha value is -2.55. The summed E-state index contributed by atoms with van der Waals surface area (Å²) in [6.45, 7) is 1.90. The van der Waals surface area contributed by atoms with Crippen LogP contribution in [0, 0.1) is 6.92 Å². The van der Waals surface area contributed by atoms with Gasteiger partial charge in [-0.3, -0.25) is 5.10 Å². The van der Waals surface area contributed by atoms with Gasteiger partial charge < -0.3 is 5.11 Å². The maximum absolute atomic E-state index is 9.77. The number of hydrogen-bond acceptors (Lipinski definition) is 7. The minimum atomic E-state index is 0.180. The molecule has 0 unspecified atom stereocenters. The van der Waals surface area contributed by atoms with E-state index < -0.39 is 0 Å². The molecule has 0 bridgehead atoms. The molecule has 0 aliphatic rings. The van der Waals surface area contributed by atoms with Crippen molar-refractivity contribution in [2.24, 2.45) is 0 Å². The van der Waals surface area contributed by atoms with Crippen molar-refractivity contribution in [3.63, 3.8) is 0 Å². The smallest absolute Gasteiger partial charge is 0.194 e. The maximum Gasteiger partial charge on any atom is 0.194 e. The number of nitrogens with one attached hydrogen (secondary N) is 1. The van der Waals surface area contributed by atoms with E-state index in [-0.39, 0.29) is 5.75 Å². The number of hydrogen-bond donors (Lipinski definition) is 2. The largest absolute Gasteiger partial charge is 0.508 e. The number of phenolic OH excluding ortho intramolecular Hbond substituents is 1. The first-order chi connectivity index (χ1) is 13.5. The molecule has 2 aromatic carbocycles. The van der Waals surface area contributed by atoms with Crippen LogP contribution in [-0.2, 0) is 0 Å². The monoisotopic (exact) mass is 427 g/mol. The zero-order valence-electron chi connectivity index (χ0n) is 14.6. The third-order valence-corrected chi connectivity index (χ3v) is 5.45. The summed E-state index contributed by atoms with van der Waals surface area (Å²) in [5.41, 5.74) is 1.67. The summed E-state index contributed by atoms with van der Waals surface area (Å²) in [7, 11) is 0. The lowest BCUT2D eigenvalue weighted by Crippen LogP contribution is -1.90. The van der Waals surface area contributed by atoms with Crippen LogP contribution < -0.4 is 0 Å². The summed E-state index contributed by atoms with van der Waals surface area (Å²) < 4.78 is 0. The van der Waals surface area contributed by atoms with Crippen molar-refractivity contribution >= 4 is 35.1 Å². The molecule has 0 aliphatic carbocycles. The van der Waals surface area contributed by atoms with Crippen molar-refractivity contribution in [3.8, 4) is 17.1 Å². The third-order valence-electron chi connectivity index (χ3n) is 3.59. The van der Waals surface area contributed by atoms with Crippen molar-refractivity contribution in [3.05, 3.63) is 65.3 Å². The van der Waals surface area contributed by atoms with Crippen LogP contribution in [0.15, 0.2) is 74.8 Å². The first kappa shape index (κ1) is 18.8. The number of phenols is 1. The number of benzene rings is 2. The first-order valence-electron chi connectivity index (χ1n) is 8.24. The Morgan fingerprint density at radius 3 is 2.57 bits per heavy atom. The van der Waals surface area contributed by atoms with Crippen molar-refractivity contribution < 1.29 is 5.11 Å². The normalized spacial score (nSPS) is 10.9. The molecule has 2 heterocycles. The van der Waals surface area contributed by atoms with Crippen LogP contribution in [0.3, 0.4) is 0 Å². The van der Waals surface area contributed by atoms with E-state index in [1.54, 1.807) is 18.2 Å². The second-order valence-electron chi connectivity index (χ2n) is 5.85.